The number of hydrogen-bond donors (Lipinski definition) is 3. The predicted octanol–water partition coefficient (Wildman–Crippen LogP) is 4.36. The Labute approximate surface area is 178 Å². The molecule has 0 unspecified atom stereocenters. The van der Waals surface area contributed by atoms with Gasteiger partial charge in [-0.05, 0) is 48.6 Å². The van der Waals surface area contributed by atoms with Crippen LogP contribution in [0.2, 0.25) is 0 Å². The summed E-state index contributed by atoms with van der Waals surface area (Å²) in [6.45, 7) is 2.49. The van der Waals surface area contributed by atoms with Crippen molar-refractivity contribution in [2.24, 2.45) is 5.92 Å². The molecule has 0 amide bonds. The number of nitrogens with one attached hydrogen (secondary N) is 2. The molecule has 2 aromatic heterocycles. The average molecular weight is 428 g/mol. The highest BCUT2D eigenvalue weighted by Gasteiger charge is 2.22. The molecular weight excluding hydrogens is 402 g/mol. The van der Waals surface area contributed by atoms with Crippen molar-refractivity contribution in [3.8, 4) is 26.9 Å². The van der Waals surface area contributed by atoms with Gasteiger partial charge in [0.25, 0.3) is 0 Å². The summed E-state index contributed by atoms with van der Waals surface area (Å²) < 4.78 is 5.59. The number of rotatable bonds is 8. The van der Waals surface area contributed by atoms with E-state index in [1.807, 2.05) is 19.1 Å². The van der Waals surface area contributed by atoms with Crippen molar-refractivity contribution in [1.82, 2.24) is 20.6 Å². The molecule has 30 heavy (non-hydrogen) atoms. The van der Waals surface area contributed by atoms with Crippen LogP contribution in [0.3, 0.4) is 0 Å². The molecule has 0 aliphatic heterocycles. The highest BCUT2D eigenvalue weighted by molar-refractivity contribution is 7.19. The normalized spacial score (nSPS) is 14.6. The number of carbonyl (C=O) groups is 1. The lowest BCUT2D eigenvalue weighted by atomic mass is 9.89. The summed E-state index contributed by atoms with van der Waals surface area (Å²) in [5.74, 6) is 0.586. The Balaban J connectivity index is 1.60. The van der Waals surface area contributed by atoms with Crippen LogP contribution in [-0.4, -0.2) is 44.9 Å². The van der Waals surface area contributed by atoms with Crippen LogP contribution in [0.5, 0.6) is 5.75 Å². The molecule has 4 rings (SSSR count). The smallest absolute Gasteiger partial charge is 0.341 e. The second-order valence-electron chi connectivity index (χ2n) is 7.60. The van der Waals surface area contributed by atoms with E-state index in [-0.39, 0.29) is 0 Å². The number of H-pyrrole nitrogens is 1. The zero-order valence-electron chi connectivity index (χ0n) is 16.9. The Morgan fingerprint density at radius 2 is 2.13 bits per heavy atom. The van der Waals surface area contributed by atoms with Gasteiger partial charge < -0.3 is 15.2 Å². The molecule has 3 N–H and O–H groups in total. The largest absolute Gasteiger partial charge is 0.480 e. The Hall–Kier alpha value is -2.94. The minimum Gasteiger partial charge on any atom is -0.480 e. The first kappa shape index (κ1) is 20.3. The van der Waals surface area contributed by atoms with Crippen LogP contribution in [-0.2, 0) is 4.79 Å². The molecule has 0 bridgehead atoms. The van der Waals surface area contributed by atoms with E-state index in [9.17, 15) is 4.79 Å². The van der Waals surface area contributed by atoms with Gasteiger partial charge in [0.1, 0.15) is 10.6 Å². The first-order chi connectivity index (χ1) is 14.6. The minimum atomic E-state index is -1.03. The summed E-state index contributed by atoms with van der Waals surface area (Å²) in [7, 11) is 0. The van der Waals surface area contributed by atoms with E-state index in [4.69, 9.17) is 9.84 Å². The molecule has 2 heterocycles. The van der Waals surface area contributed by atoms with E-state index < -0.39 is 12.6 Å². The van der Waals surface area contributed by atoms with Crippen LogP contribution in [0, 0.1) is 12.8 Å². The van der Waals surface area contributed by atoms with Gasteiger partial charge in [0.2, 0.25) is 5.82 Å². The van der Waals surface area contributed by atoms with Crippen molar-refractivity contribution >= 4 is 23.0 Å². The number of aromatic nitrogens is 4. The van der Waals surface area contributed by atoms with Crippen LogP contribution in [0.1, 0.15) is 37.7 Å². The number of aromatic amines is 1. The van der Waals surface area contributed by atoms with Crippen molar-refractivity contribution < 1.29 is 14.6 Å². The highest BCUT2D eigenvalue weighted by atomic mass is 32.1. The third-order valence-electron chi connectivity index (χ3n) is 5.42. The second-order valence-corrected chi connectivity index (χ2v) is 8.62. The maximum atomic E-state index is 11.0. The number of ether oxygens (including phenoxy) is 1. The Morgan fingerprint density at radius 3 is 2.87 bits per heavy atom. The predicted molar refractivity (Wildman–Crippen MR) is 116 cm³/mol. The van der Waals surface area contributed by atoms with Gasteiger partial charge in [-0.1, -0.05) is 31.4 Å². The van der Waals surface area contributed by atoms with E-state index in [1.165, 1.54) is 43.4 Å². The maximum Gasteiger partial charge on any atom is 0.341 e. The summed E-state index contributed by atoms with van der Waals surface area (Å²) in [6, 6.07) is 8.29. The topological polar surface area (TPSA) is 113 Å². The first-order valence-corrected chi connectivity index (χ1v) is 11.0. The molecule has 0 atom stereocenters. The number of carboxylic acids is 1. The van der Waals surface area contributed by atoms with Gasteiger partial charge in [-0.15, -0.1) is 21.5 Å². The van der Waals surface area contributed by atoms with Gasteiger partial charge in [0.15, 0.2) is 6.61 Å². The van der Waals surface area contributed by atoms with E-state index in [1.54, 1.807) is 0 Å². The van der Waals surface area contributed by atoms with Gasteiger partial charge in [-0.2, -0.15) is 5.21 Å². The van der Waals surface area contributed by atoms with Crippen LogP contribution in [0.15, 0.2) is 24.3 Å². The summed E-state index contributed by atoms with van der Waals surface area (Å²) >= 11 is 1.47. The zero-order chi connectivity index (χ0) is 20.9. The molecule has 1 saturated carbocycles. The van der Waals surface area contributed by atoms with E-state index >= 15 is 0 Å². The fraction of sp³-hybridized carbons (Fsp3) is 0.429. The molecule has 1 aliphatic carbocycles. The molecule has 1 aromatic carbocycles. The molecule has 3 aromatic rings. The van der Waals surface area contributed by atoms with Gasteiger partial charge >= 0.3 is 5.97 Å². The first-order valence-electron chi connectivity index (χ1n) is 10.2. The molecule has 0 saturated heterocycles. The number of carboxylic acid groups (broad SMARTS) is 1. The minimum absolute atomic E-state index is 0.390. The second kappa shape index (κ2) is 9.25. The van der Waals surface area contributed by atoms with E-state index in [0.717, 1.165) is 34.2 Å². The van der Waals surface area contributed by atoms with Gasteiger partial charge in [0.05, 0.1) is 0 Å². The number of hydrogen-bond acceptors (Lipinski definition) is 7. The van der Waals surface area contributed by atoms with Gasteiger partial charge in [-0.25, -0.2) is 4.79 Å². The van der Waals surface area contributed by atoms with Gasteiger partial charge in [-0.3, -0.25) is 0 Å². The summed E-state index contributed by atoms with van der Waals surface area (Å²) in [5.41, 5.74) is 2.99. The van der Waals surface area contributed by atoms with Crippen LogP contribution in [0.25, 0.3) is 21.1 Å². The lowest BCUT2D eigenvalue weighted by Gasteiger charge is -2.22. The monoisotopic (exact) mass is 427 g/mol. The summed E-state index contributed by atoms with van der Waals surface area (Å²) in [6.07, 6.45) is 6.63. The zero-order valence-corrected chi connectivity index (χ0v) is 17.7. The standard InChI is InChI=1S/C21H25N5O3S/c1-13-18(29-12-17(27)28)20(21-23-25-26-24-21)30-19(13)15-8-5-9-16(10-15)22-11-14-6-3-2-4-7-14/h5,8-10,14,22H,2-4,6-7,11-12H2,1H3,(H,27,28)(H,23,24,25,26). The average Bonchev–Trinajstić information content (AvgIpc) is 3.40. The quantitative estimate of drug-likeness (QED) is 0.489. The van der Waals surface area contributed by atoms with Crippen molar-refractivity contribution in [1.29, 1.82) is 0 Å². The maximum absolute atomic E-state index is 11.0. The number of tetrazole rings is 1. The summed E-state index contributed by atoms with van der Waals surface area (Å²) in [5, 5.41) is 26.8. The van der Waals surface area contributed by atoms with Crippen molar-refractivity contribution in [3.05, 3.63) is 29.8 Å². The lowest BCUT2D eigenvalue weighted by molar-refractivity contribution is -0.139. The van der Waals surface area contributed by atoms with Crippen LogP contribution in [0.4, 0.5) is 5.69 Å². The molecular formula is C21H25N5O3S. The summed E-state index contributed by atoms with van der Waals surface area (Å²) in [4.78, 5) is 12.7. The third kappa shape index (κ3) is 4.62. The van der Waals surface area contributed by atoms with Crippen molar-refractivity contribution in [2.45, 2.75) is 39.0 Å². The number of nitrogens with zero attached hydrogens (tertiary/aromatic N) is 3. The molecule has 9 heteroatoms. The van der Waals surface area contributed by atoms with Crippen LogP contribution < -0.4 is 10.1 Å². The fourth-order valence-electron chi connectivity index (χ4n) is 3.91. The molecule has 0 radical (unpaired) electrons. The Morgan fingerprint density at radius 1 is 1.30 bits per heavy atom. The fourth-order valence-corrected chi connectivity index (χ4v) is 5.09. The number of aliphatic carboxylic acids is 1. The van der Waals surface area contributed by atoms with Crippen molar-refractivity contribution in [2.75, 3.05) is 18.5 Å². The lowest BCUT2D eigenvalue weighted by Crippen LogP contribution is -2.17. The molecule has 158 valence electrons. The number of thiophene rings is 1. The van der Waals surface area contributed by atoms with E-state index in [2.05, 4.69) is 38.1 Å². The Bertz CT molecular complexity index is 996. The SMILES string of the molecule is Cc1c(-c2cccc(NCC3CCCCC3)c2)sc(-c2nn[nH]n2)c1OCC(=O)O. The van der Waals surface area contributed by atoms with Crippen molar-refractivity contribution in [3.63, 3.8) is 0 Å². The third-order valence-corrected chi connectivity index (χ3v) is 6.74. The molecule has 1 fully saturated rings. The Kier molecular flexibility index (Phi) is 6.27. The molecule has 1 aliphatic rings. The molecule has 8 nitrogen and oxygen atoms in total. The van der Waals surface area contributed by atoms with E-state index in [0.29, 0.717) is 16.5 Å². The highest BCUT2D eigenvalue weighted by Crippen LogP contribution is 2.46. The van der Waals surface area contributed by atoms with Crippen LogP contribution >= 0.6 is 11.3 Å². The number of anilines is 1. The number of benzene rings is 1. The molecule has 0 spiro atoms. The van der Waals surface area contributed by atoms with Gasteiger partial charge in [0, 0.05) is 22.7 Å².